The third kappa shape index (κ3) is 4.48. The molecule has 0 bridgehead atoms. The molecule has 0 radical (unpaired) electrons. The second kappa shape index (κ2) is 7.42. The second-order valence-corrected chi connectivity index (χ2v) is 10.1. The fourth-order valence-electron chi connectivity index (χ4n) is 3.40. The molecule has 1 heterocycles. The Morgan fingerprint density at radius 3 is 2.00 bits per heavy atom. The first-order chi connectivity index (χ1) is 13.8. The van der Waals surface area contributed by atoms with Crippen molar-refractivity contribution in [1.82, 2.24) is 10.3 Å². The molecule has 0 spiro atoms. The number of hydrogen-bond donors (Lipinski definition) is 3. The van der Waals surface area contributed by atoms with Crippen LogP contribution in [0.5, 0.6) is 5.75 Å². The fourth-order valence-corrected chi connectivity index (χ4v) is 3.40. The summed E-state index contributed by atoms with van der Waals surface area (Å²) >= 11 is 0. The van der Waals surface area contributed by atoms with E-state index in [1.807, 2.05) is 41.5 Å². The van der Waals surface area contributed by atoms with Gasteiger partial charge in [0.25, 0.3) is 11.8 Å². The Balaban J connectivity index is 1.89. The molecule has 6 heteroatoms. The number of nitrogens with zero attached hydrogens (tertiary/aromatic N) is 1. The van der Waals surface area contributed by atoms with Gasteiger partial charge in [0, 0.05) is 22.9 Å². The van der Waals surface area contributed by atoms with Crippen molar-refractivity contribution in [1.29, 1.82) is 0 Å². The molecular weight excluding hydrogens is 378 g/mol. The number of rotatable bonds is 4. The van der Waals surface area contributed by atoms with Crippen LogP contribution < -0.4 is 10.6 Å². The van der Waals surface area contributed by atoms with Gasteiger partial charge in [0.2, 0.25) is 0 Å². The molecule has 1 saturated carbocycles. The Morgan fingerprint density at radius 1 is 1.00 bits per heavy atom. The minimum Gasteiger partial charge on any atom is -0.507 e. The summed E-state index contributed by atoms with van der Waals surface area (Å²) < 4.78 is 0. The fraction of sp³-hybridized carbons (Fsp3) is 0.458. The molecule has 0 saturated heterocycles. The van der Waals surface area contributed by atoms with Crippen LogP contribution in [0.2, 0.25) is 0 Å². The number of hydrogen-bond acceptors (Lipinski definition) is 4. The molecule has 160 valence electrons. The molecule has 1 aliphatic carbocycles. The standard InChI is InChI=1S/C24H31N3O3/c1-22(2,3)16-13-15(14-17(19(16)28)23(4,5)6)20(29)27-24(10-11-24)21(30)26-18-9-7-8-12-25-18/h7-9,12-14,28H,10-11H2,1-6H3,(H,27,29)(H,25,26,30). The molecule has 1 aromatic carbocycles. The Morgan fingerprint density at radius 2 is 1.57 bits per heavy atom. The third-order valence-electron chi connectivity index (χ3n) is 5.43. The van der Waals surface area contributed by atoms with E-state index in [2.05, 4.69) is 15.6 Å². The van der Waals surface area contributed by atoms with Gasteiger partial charge in [0.05, 0.1) is 0 Å². The number of nitrogens with one attached hydrogen (secondary N) is 2. The molecule has 1 fully saturated rings. The van der Waals surface area contributed by atoms with Crippen LogP contribution in [0.15, 0.2) is 36.5 Å². The van der Waals surface area contributed by atoms with E-state index in [0.717, 1.165) is 0 Å². The Labute approximate surface area is 178 Å². The van der Waals surface area contributed by atoms with Gasteiger partial charge in [-0.2, -0.15) is 0 Å². The minimum atomic E-state index is -0.920. The molecule has 0 atom stereocenters. The number of phenols is 1. The number of aromatic hydroxyl groups is 1. The maximum Gasteiger partial charge on any atom is 0.252 e. The number of anilines is 1. The molecular formula is C24H31N3O3. The van der Waals surface area contributed by atoms with Crippen LogP contribution in [0, 0.1) is 0 Å². The first-order valence-electron chi connectivity index (χ1n) is 10.3. The van der Waals surface area contributed by atoms with Crippen molar-refractivity contribution in [3.8, 4) is 5.75 Å². The maximum atomic E-state index is 13.1. The zero-order valence-corrected chi connectivity index (χ0v) is 18.6. The number of amides is 2. The average molecular weight is 410 g/mol. The van der Waals surface area contributed by atoms with Crippen LogP contribution in [0.1, 0.15) is 75.9 Å². The number of carbonyl (C=O) groups excluding carboxylic acids is 2. The highest BCUT2D eigenvalue weighted by Gasteiger charge is 2.51. The van der Waals surface area contributed by atoms with E-state index < -0.39 is 5.54 Å². The van der Waals surface area contributed by atoms with Gasteiger partial charge in [0.15, 0.2) is 0 Å². The van der Waals surface area contributed by atoms with Crippen LogP contribution in [-0.2, 0) is 15.6 Å². The van der Waals surface area contributed by atoms with E-state index in [1.165, 1.54) is 0 Å². The van der Waals surface area contributed by atoms with Crippen LogP contribution in [-0.4, -0.2) is 27.4 Å². The molecule has 2 amide bonds. The molecule has 6 nitrogen and oxygen atoms in total. The number of carbonyl (C=O) groups is 2. The van der Waals surface area contributed by atoms with Crippen LogP contribution in [0.4, 0.5) is 5.82 Å². The van der Waals surface area contributed by atoms with Crippen LogP contribution in [0.3, 0.4) is 0 Å². The molecule has 0 aliphatic heterocycles. The minimum absolute atomic E-state index is 0.223. The molecule has 30 heavy (non-hydrogen) atoms. The normalized spacial score (nSPS) is 15.4. The van der Waals surface area contributed by atoms with Crippen molar-refractivity contribution in [2.45, 2.75) is 70.8 Å². The smallest absolute Gasteiger partial charge is 0.252 e. The van der Waals surface area contributed by atoms with Gasteiger partial charge in [-0.3, -0.25) is 9.59 Å². The quantitative estimate of drug-likeness (QED) is 0.703. The first kappa shape index (κ1) is 21.8. The Kier molecular flexibility index (Phi) is 5.39. The van der Waals surface area contributed by atoms with Crippen molar-refractivity contribution < 1.29 is 14.7 Å². The predicted molar refractivity (Wildman–Crippen MR) is 118 cm³/mol. The van der Waals surface area contributed by atoms with Crippen molar-refractivity contribution >= 4 is 17.6 Å². The molecule has 1 aromatic heterocycles. The van der Waals surface area contributed by atoms with Crippen molar-refractivity contribution in [3.63, 3.8) is 0 Å². The summed E-state index contributed by atoms with van der Waals surface area (Å²) in [4.78, 5) is 30.0. The molecule has 0 unspecified atom stereocenters. The summed E-state index contributed by atoms with van der Waals surface area (Å²) in [5.41, 5.74) is 0.267. The summed E-state index contributed by atoms with van der Waals surface area (Å²) in [6.45, 7) is 12.0. The largest absolute Gasteiger partial charge is 0.507 e. The zero-order valence-electron chi connectivity index (χ0n) is 18.6. The highest BCUT2D eigenvalue weighted by atomic mass is 16.3. The lowest BCUT2D eigenvalue weighted by molar-refractivity contribution is -0.118. The van der Waals surface area contributed by atoms with Gasteiger partial charge < -0.3 is 15.7 Å². The van der Waals surface area contributed by atoms with Gasteiger partial charge >= 0.3 is 0 Å². The van der Waals surface area contributed by atoms with Gasteiger partial charge in [-0.25, -0.2) is 4.98 Å². The van der Waals surface area contributed by atoms with E-state index in [9.17, 15) is 14.7 Å². The molecule has 3 N–H and O–H groups in total. The lowest BCUT2D eigenvalue weighted by Crippen LogP contribution is -2.46. The molecule has 2 aromatic rings. The highest BCUT2D eigenvalue weighted by Crippen LogP contribution is 2.41. The summed E-state index contributed by atoms with van der Waals surface area (Å²) in [7, 11) is 0. The van der Waals surface area contributed by atoms with Crippen LogP contribution >= 0.6 is 0 Å². The summed E-state index contributed by atoms with van der Waals surface area (Å²) in [6, 6.07) is 8.73. The monoisotopic (exact) mass is 409 g/mol. The topological polar surface area (TPSA) is 91.3 Å². The van der Waals surface area contributed by atoms with Gasteiger partial charge in [-0.05, 0) is 47.9 Å². The lowest BCUT2D eigenvalue weighted by Gasteiger charge is -2.28. The second-order valence-electron chi connectivity index (χ2n) is 10.1. The Bertz CT molecular complexity index is 930. The Hall–Kier alpha value is -2.89. The van der Waals surface area contributed by atoms with E-state index in [1.54, 1.807) is 36.5 Å². The van der Waals surface area contributed by atoms with Gasteiger partial charge in [-0.1, -0.05) is 47.6 Å². The summed E-state index contributed by atoms with van der Waals surface area (Å²) in [5, 5.41) is 16.6. The predicted octanol–water partition coefficient (Wildman–Crippen LogP) is 4.28. The third-order valence-corrected chi connectivity index (χ3v) is 5.43. The van der Waals surface area contributed by atoms with Crippen molar-refractivity contribution in [2.75, 3.05) is 5.32 Å². The van der Waals surface area contributed by atoms with E-state index in [-0.39, 0.29) is 28.4 Å². The summed E-state index contributed by atoms with van der Waals surface area (Å²) in [6.07, 6.45) is 2.76. The van der Waals surface area contributed by atoms with E-state index in [4.69, 9.17) is 0 Å². The summed E-state index contributed by atoms with van der Waals surface area (Å²) in [5.74, 6) is 0.0957. The average Bonchev–Trinajstić information content (AvgIpc) is 3.41. The van der Waals surface area contributed by atoms with Gasteiger partial charge in [-0.15, -0.1) is 0 Å². The number of benzene rings is 1. The molecule has 3 rings (SSSR count). The SMILES string of the molecule is CC(C)(C)c1cc(C(=O)NC2(C(=O)Nc3ccccn3)CC2)cc(C(C)(C)C)c1O. The molecule has 1 aliphatic rings. The number of phenolic OH excluding ortho intramolecular Hbond substituents is 1. The van der Waals surface area contributed by atoms with E-state index >= 15 is 0 Å². The van der Waals surface area contributed by atoms with Crippen molar-refractivity contribution in [3.05, 3.63) is 53.2 Å². The highest BCUT2D eigenvalue weighted by molar-refractivity contribution is 6.05. The van der Waals surface area contributed by atoms with Gasteiger partial charge in [0.1, 0.15) is 17.1 Å². The maximum absolute atomic E-state index is 13.1. The zero-order chi connectivity index (χ0) is 22.3. The first-order valence-corrected chi connectivity index (χ1v) is 10.3. The lowest BCUT2D eigenvalue weighted by atomic mass is 9.78. The van der Waals surface area contributed by atoms with Crippen LogP contribution in [0.25, 0.3) is 0 Å². The number of pyridine rings is 1. The van der Waals surface area contributed by atoms with Crippen molar-refractivity contribution in [2.24, 2.45) is 0 Å². The van der Waals surface area contributed by atoms with E-state index in [0.29, 0.717) is 35.3 Å². The number of aromatic nitrogens is 1.